The Hall–Kier alpha value is -1.32. The minimum absolute atomic E-state index is 0.241. The molecule has 0 radical (unpaired) electrons. The highest BCUT2D eigenvalue weighted by Crippen LogP contribution is 2.25. The van der Waals surface area contributed by atoms with Gasteiger partial charge in [0.05, 0.1) is 6.04 Å². The zero-order valence-electron chi connectivity index (χ0n) is 11.2. The second kappa shape index (κ2) is 6.22. The first kappa shape index (κ1) is 14.1. The fourth-order valence-corrected chi connectivity index (χ4v) is 2.73. The average molecular weight is 275 g/mol. The molecule has 0 saturated carbocycles. The quantitative estimate of drug-likeness (QED) is 0.842. The third-order valence-corrected chi connectivity index (χ3v) is 4.02. The van der Waals surface area contributed by atoms with Gasteiger partial charge in [0.1, 0.15) is 5.82 Å². The van der Waals surface area contributed by atoms with Gasteiger partial charge in [-0.2, -0.15) is 0 Å². The summed E-state index contributed by atoms with van der Waals surface area (Å²) in [4.78, 5) is 1.23. The summed E-state index contributed by atoms with van der Waals surface area (Å²) in [6.07, 6.45) is 0. The van der Waals surface area contributed by atoms with Crippen LogP contribution in [0.2, 0.25) is 0 Å². The Morgan fingerprint density at radius 3 is 2.47 bits per heavy atom. The molecule has 1 unspecified atom stereocenters. The van der Waals surface area contributed by atoms with Crippen molar-refractivity contribution in [3.63, 3.8) is 0 Å². The maximum absolute atomic E-state index is 13.3. The van der Waals surface area contributed by atoms with Crippen LogP contribution in [0.15, 0.2) is 47.4 Å². The van der Waals surface area contributed by atoms with E-state index in [2.05, 4.69) is 19.1 Å². The monoisotopic (exact) mass is 275 g/mol. The molecule has 0 aliphatic carbocycles. The number of nitrogens with two attached hydrogens (primary N) is 1. The maximum Gasteiger partial charge on any atom is 0.123 e. The van der Waals surface area contributed by atoms with E-state index >= 15 is 0 Å². The van der Waals surface area contributed by atoms with E-state index in [0.717, 1.165) is 22.4 Å². The van der Waals surface area contributed by atoms with Crippen molar-refractivity contribution < 1.29 is 4.39 Å². The summed E-state index contributed by atoms with van der Waals surface area (Å²) in [6, 6.07) is 12.7. The van der Waals surface area contributed by atoms with Gasteiger partial charge in [-0.25, -0.2) is 4.39 Å². The fraction of sp³-hybridized carbons (Fsp3) is 0.250. The van der Waals surface area contributed by atoms with Gasteiger partial charge < -0.3 is 5.73 Å². The molecule has 2 aromatic rings. The molecule has 2 rings (SSSR count). The first-order valence-corrected chi connectivity index (χ1v) is 7.34. The van der Waals surface area contributed by atoms with Crippen molar-refractivity contribution in [2.75, 3.05) is 5.75 Å². The topological polar surface area (TPSA) is 26.0 Å². The van der Waals surface area contributed by atoms with Gasteiger partial charge >= 0.3 is 0 Å². The standard InChI is InChI=1S/C16H18FNS/c1-3-19-14-8-5-12(6-9-14)16(18)15-10-13(17)7-4-11(15)2/h4-10,16H,3,18H2,1-2H3. The number of halogens is 1. The lowest BCUT2D eigenvalue weighted by Crippen LogP contribution is -2.13. The zero-order valence-corrected chi connectivity index (χ0v) is 12.0. The molecule has 1 nitrogen and oxygen atoms in total. The summed E-state index contributed by atoms with van der Waals surface area (Å²) < 4.78 is 13.3. The Bertz CT molecular complexity index is 551. The molecular weight excluding hydrogens is 257 g/mol. The van der Waals surface area contributed by atoms with Crippen LogP contribution in [0.1, 0.15) is 29.7 Å². The first-order chi connectivity index (χ1) is 9.11. The van der Waals surface area contributed by atoms with E-state index in [1.165, 1.54) is 17.0 Å². The molecule has 0 amide bonds. The predicted molar refractivity (Wildman–Crippen MR) is 80.0 cm³/mol. The fourth-order valence-electron chi connectivity index (χ4n) is 2.06. The number of hydrogen-bond acceptors (Lipinski definition) is 2. The van der Waals surface area contributed by atoms with Gasteiger partial charge in [-0.3, -0.25) is 0 Å². The molecule has 0 aliphatic rings. The van der Waals surface area contributed by atoms with E-state index in [0.29, 0.717) is 0 Å². The maximum atomic E-state index is 13.3. The molecule has 2 aromatic carbocycles. The van der Waals surface area contributed by atoms with Crippen molar-refractivity contribution in [2.24, 2.45) is 5.73 Å². The van der Waals surface area contributed by atoms with Crippen molar-refractivity contribution in [1.82, 2.24) is 0 Å². The van der Waals surface area contributed by atoms with Crippen LogP contribution in [-0.2, 0) is 0 Å². The summed E-state index contributed by atoms with van der Waals surface area (Å²) >= 11 is 1.80. The van der Waals surface area contributed by atoms with E-state index < -0.39 is 0 Å². The molecule has 0 saturated heterocycles. The molecular formula is C16H18FNS. The number of aryl methyl sites for hydroxylation is 1. The van der Waals surface area contributed by atoms with E-state index in [1.807, 2.05) is 19.1 Å². The molecule has 0 fully saturated rings. The highest BCUT2D eigenvalue weighted by molar-refractivity contribution is 7.99. The lowest BCUT2D eigenvalue weighted by atomic mass is 9.96. The summed E-state index contributed by atoms with van der Waals surface area (Å²) in [7, 11) is 0. The number of hydrogen-bond donors (Lipinski definition) is 1. The van der Waals surface area contributed by atoms with Crippen LogP contribution in [0.25, 0.3) is 0 Å². The predicted octanol–water partition coefficient (Wildman–Crippen LogP) is 4.29. The van der Waals surface area contributed by atoms with Crippen molar-refractivity contribution in [3.8, 4) is 0 Å². The molecule has 0 spiro atoms. The molecule has 0 heterocycles. The van der Waals surface area contributed by atoms with Crippen molar-refractivity contribution in [1.29, 1.82) is 0 Å². The number of thioether (sulfide) groups is 1. The minimum atomic E-state index is -0.281. The summed E-state index contributed by atoms with van der Waals surface area (Å²) in [5.74, 6) is 0.809. The normalized spacial score (nSPS) is 12.4. The third kappa shape index (κ3) is 3.37. The average Bonchev–Trinajstić information content (AvgIpc) is 2.42. The van der Waals surface area contributed by atoms with E-state index in [-0.39, 0.29) is 11.9 Å². The van der Waals surface area contributed by atoms with Crippen molar-refractivity contribution >= 4 is 11.8 Å². The van der Waals surface area contributed by atoms with Crippen LogP contribution >= 0.6 is 11.8 Å². The van der Waals surface area contributed by atoms with Gasteiger partial charge in [0.25, 0.3) is 0 Å². The molecule has 100 valence electrons. The summed E-state index contributed by atoms with van der Waals surface area (Å²) in [5, 5.41) is 0. The molecule has 1 atom stereocenters. The molecule has 19 heavy (non-hydrogen) atoms. The third-order valence-electron chi connectivity index (χ3n) is 3.13. The minimum Gasteiger partial charge on any atom is -0.320 e. The SMILES string of the molecule is CCSc1ccc(C(N)c2cc(F)ccc2C)cc1. The van der Waals surface area contributed by atoms with Gasteiger partial charge in [-0.15, -0.1) is 11.8 Å². The van der Waals surface area contributed by atoms with Crippen LogP contribution in [-0.4, -0.2) is 5.75 Å². The zero-order chi connectivity index (χ0) is 13.8. The molecule has 0 aromatic heterocycles. The second-order valence-electron chi connectivity index (χ2n) is 4.48. The Labute approximate surface area is 118 Å². The summed E-state index contributed by atoms with van der Waals surface area (Å²) in [6.45, 7) is 4.08. The Balaban J connectivity index is 2.27. The van der Waals surface area contributed by atoms with Gasteiger partial charge in [0, 0.05) is 4.90 Å². The first-order valence-electron chi connectivity index (χ1n) is 6.36. The van der Waals surface area contributed by atoms with Gasteiger partial charge in [0.2, 0.25) is 0 Å². The Kier molecular flexibility index (Phi) is 4.61. The van der Waals surface area contributed by atoms with Crippen LogP contribution in [0.5, 0.6) is 0 Å². The summed E-state index contributed by atoms with van der Waals surface area (Å²) in [5.41, 5.74) is 9.10. The van der Waals surface area contributed by atoms with Gasteiger partial charge in [0.15, 0.2) is 0 Å². The Morgan fingerprint density at radius 1 is 1.16 bits per heavy atom. The van der Waals surface area contributed by atoms with Gasteiger partial charge in [-0.1, -0.05) is 25.1 Å². The van der Waals surface area contributed by atoms with Crippen LogP contribution in [0, 0.1) is 12.7 Å². The van der Waals surface area contributed by atoms with Crippen LogP contribution in [0.3, 0.4) is 0 Å². The van der Waals surface area contributed by atoms with Crippen LogP contribution < -0.4 is 5.73 Å². The van der Waals surface area contributed by atoms with Crippen molar-refractivity contribution in [3.05, 3.63) is 65.0 Å². The lowest BCUT2D eigenvalue weighted by Gasteiger charge is -2.15. The lowest BCUT2D eigenvalue weighted by molar-refractivity contribution is 0.622. The van der Waals surface area contributed by atoms with E-state index in [1.54, 1.807) is 17.8 Å². The molecule has 3 heteroatoms. The van der Waals surface area contributed by atoms with Crippen LogP contribution in [0.4, 0.5) is 4.39 Å². The highest BCUT2D eigenvalue weighted by Gasteiger charge is 2.12. The van der Waals surface area contributed by atoms with Crippen molar-refractivity contribution in [2.45, 2.75) is 24.8 Å². The molecule has 0 bridgehead atoms. The molecule has 2 N–H and O–H groups in total. The number of benzene rings is 2. The smallest absolute Gasteiger partial charge is 0.123 e. The highest BCUT2D eigenvalue weighted by atomic mass is 32.2. The van der Waals surface area contributed by atoms with E-state index in [4.69, 9.17) is 5.73 Å². The second-order valence-corrected chi connectivity index (χ2v) is 5.82. The largest absolute Gasteiger partial charge is 0.320 e. The Morgan fingerprint density at radius 2 is 1.84 bits per heavy atom. The number of rotatable bonds is 4. The van der Waals surface area contributed by atoms with Gasteiger partial charge in [-0.05, 0) is 53.6 Å². The van der Waals surface area contributed by atoms with E-state index in [9.17, 15) is 4.39 Å². The molecule has 0 aliphatic heterocycles.